The lowest BCUT2D eigenvalue weighted by Gasteiger charge is -2.27. The molecule has 0 radical (unpaired) electrons. The van der Waals surface area contributed by atoms with E-state index in [2.05, 4.69) is 0 Å². The summed E-state index contributed by atoms with van der Waals surface area (Å²) >= 11 is 0. The van der Waals surface area contributed by atoms with Gasteiger partial charge in [0, 0.05) is 0 Å². The molecule has 0 aliphatic heterocycles. The maximum Gasteiger partial charge on any atom is 0.484 e. The van der Waals surface area contributed by atoms with Crippen LogP contribution in [0.5, 0.6) is 17.2 Å². The first-order valence-corrected chi connectivity index (χ1v) is 11.7. The highest BCUT2D eigenvalue weighted by Crippen LogP contribution is 2.53. The smallest absolute Gasteiger partial charge is 0.465 e. The number of para-hydroxylation sites is 3. The van der Waals surface area contributed by atoms with Gasteiger partial charge < -0.3 is 14.2 Å². The third-order valence-electron chi connectivity index (χ3n) is 3.97. The summed E-state index contributed by atoms with van der Waals surface area (Å²) in [5, 5.41) is 0. The number of phosphoric acid groups is 1. The van der Waals surface area contributed by atoms with Crippen LogP contribution in [-0.2, 0) is 18.1 Å². The van der Waals surface area contributed by atoms with Crippen molar-refractivity contribution in [3.63, 3.8) is 0 Å². The van der Waals surface area contributed by atoms with Crippen LogP contribution >= 0.6 is 7.82 Å². The van der Waals surface area contributed by atoms with Crippen LogP contribution in [0.3, 0.4) is 0 Å². The SMILES string of the molecule is CC(Oc1ccccc1)OP(=O)(OC(C)Oc1ccccc1)OC(C)Oc1ccccc1. The van der Waals surface area contributed by atoms with Crippen molar-refractivity contribution in [1.82, 2.24) is 0 Å². The van der Waals surface area contributed by atoms with Crippen LogP contribution in [0.4, 0.5) is 0 Å². The van der Waals surface area contributed by atoms with Gasteiger partial charge in [-0.05, 0) is 57.2 Å². The molecule has 0 aliphatic carbocycles. The zero-order chi connectivity index (χ0) is 22.8. The molecule has 0 aromatic heterocycles. The second kappa shape index (κ2) is 11.7. The van der Waals surface area contributed by atoms with E-state index in [0.717, 1.165) is 0 Å². The van der Waals surface area contributed by atoms with E-state index >= 15 is 0 Å². The van der Waals surface area contributed by atoms with E-state index in [1.165, 1.54) is 0 Å². The van der Waals surface area contributed by atoms with Crippen molar-refractivity contribution in [1.29, 1.82) is 0 Å². The van der Waals surface area contributed by atoms with E-state index in [-0.39, 0.29) is 0 Å². The lowest BCUT2D eigenvalue weighted by molar-refractivity contribution is -0.0868. The lowest BCUT2D eigenvalue weighted by atomic mass is 10.3. The van der Waals surface area contributed by atoms with Gasteiger partial charge in [-0.1, -0.05) is 54.6 Å². The fraction of sp³-hybridized carbons (Fsp3) is 0.250. The Morgan fingerprint density at radius 2 is 0.750 bits per heavy atom. The van der Waals surface area contributed by atoms with Crippen molar-refractivity contribution in [2.75, 3.05) is 0 Å². The molecule has 0 fully saturated rings. The molecule has 0 saturated carbocycles. The van der Waals surface area contributed by atoms with E-state index in [9.17, 15) is 4.57 Å². The predicted octanol–water partition coefficient (Wildman–Crippen LogP) is 6.42. The van der Waals surface area contributed by atoms with E-state index < -0.39 is 26.7 Å². The molecule has 7 nitrogen and oxygen atoms in total. The second-order valence-corrected chi connectivity index (χ2v) is 8.29. The van der Waals surface area contributed by atoms with E-state index in [1.807, 2.05) is 54.6 Å². The van der Waals surface area contributed by atoms with E-state index in [0.29, 0.717) is 17.2 Å². The zero-order valence-electron chi connectivity index (χ0n) is 18.2. The number of hydrogen-bond donors (Lipinski definition) is 0. The maximum atomic E-state index is 13.5. The van der Waals surface area contributed by atoms with Crippen molar-refractivity contribution >= 4 is 7.82 Å². The first-order chi connectivity index (χ1) is 15.4. The summed E-state index contributed by atoms with van der Waals surface area (Å²) < 4.78 is 47.3. The zero-order valence-corrected chi connectivity index (χ0v) is 19.1. The van der Waals surface area contributed by atoms with Crippen molar-refractivity contribution in [2.24, 2.45) is 0 Å². The Balaban J connectivity index is 1.68. The normalized spacial score (nSPS) is 15.7. The van der Waals surface area contributed by atoms with Crippen LogP contribution in [0.1, 0.15) is 20.8 Å². The van der Waals surface area contributed by atoms with Gasteiger partial charge in [-0.15, -0.1) is 0 Å². The Labute approximate surface area is 188 Å². The maximum absolute atomic E-state index is 13.5. The highest BCUT2D eigenvalue weighted by molar-refractivity contribution is 7.48. The Morgan fingerprint density at radius 1 is 0.500 bits per heavy atom. The van der Waals surface area contributed by atoms with Gasteiger partial charge in [-0.3, -0.25) is 0 Å². The minimum Gasteiger partial charge on any atom is -0.465 e. The lowest BCUT2D eigenvalue weighted by Crippen LogP contribution is -2.24. The number of benzene rings is 3. The second-order valence-electron chi connectivity index (χ2n) is 6.76. The number of phosphoric ester groups is 1. The Hall–Kier alpha value is -2.83. The van der Waals surface area contributed by atoms with Gasteiger partial charge in [0.15, 0.2) is 0 Å². The van der Waals surface area contributed by atoms with Crippen LogP contribution in [0, 0.1) is 0 Å². The summed E-state index contributed by atoms with van der Waals surface area (Å²) in [6.45, 7) is 4.79. The highest BCUT2D eigenvalue weighted by Gasteiger charge is 2.36. The summed E-state index contributed by atoms with van der Waals surface area (Å²) in [5.41, 5.74) is 0. The van der Waals surface area contributed by atoms with Crippen LogP contribution in [0.15, 0.2) is 91.0 Å². The third kappa shape index (κ3) is 8.02. The summed E-state index contributed by atoms with van der Waals surface area (Å²) in [4.78, 5) is 0. The van der Waals surface area contributed by atoms with Gasteiger partial charge in [-0.2, -0.15) is 0 Å². The minimum atomic E-state index is -4.17. The summed E-state index contributed by atoms with van der Waals surface area (Å²) in [6.07, 6.45) is -2.80. The van der Waals surface area contributed by atoms with Gasteiger partial charge in [0.25, 0.3) is 0 Å². The standard InChI is InChI=1S/C24H27O7P/c1-19(26-22-13-7-4-8-14-22)29-32(25,30-20(2)27-23-15-9-5-10-16-23)31-21(3)28-24-17-11-6-12-18-24/h4-21H,1-3H3. The molecule has 8 heteroatoms. The molecule has 170 valence electrons. The van der Waals surface area contributed by atoms with Gasteiger partial charge in [0.1, 0.15) is 17.2 Å². The Bertz CT molecular complexity index is 842. The van der Waals surface area contributed by atoms with Crippen LogP contribution < -0.4 is 14.2 Å². The van der Waals surface area contributed by atoms with Crippen molar-refractivity contribution in [3.8, 4) is 17.2 Å². The molecular weight excluding hydrogens is 431 g/mol. The van der Waals surface area contributed by atoms with Crippen molar-refractivity contribution in [3.05, 3.63) is 91.0 Å². The number of hydrogen-bond acceptors (Lipinski definition) is 7. The van der Waals surface area contributed by atoms with Gasteiger partial charge >= 0.3 is 7.82 Å². The molecule has 0 spiro atoms. The van der Waals surface area contributed by atoms with Crippen LogP contribution in [0.25, 0.3) is 0 Å². The Morgan fingerprint density at radius 3 is 1.00 bits per heavy atom. The van der Waals surface area contributed by atoms with Crippen LogP contribution in [-0.4, -0.2) is 18.9 Å². The molecule has 32 heavy (non-hydrogen) atoms. The van der Waals surface area contributed by atoms with E-state index in [4.69, 9.17) is 27.8 Å². The molecule has 0 amide bonds. The van der Waals surface area contributed by atoms with Crippen molar-refractivity contribution < 1.29 is 32.3 Å². The molecule has 0 saturated heterocycles. The predicted molar refractivity (Wildman–Crippen MR) is 120 cm³/mol. The summed E-state index contributed by atoms with van der Waals surface area (Å²) in [7, 11) is -4.17. The minimum absolute atomic E-state index is 0.550. The molecule has 3 atom stereocenters. The average molecular weight is 458 g/mol. The first-order valence-electron chi connectivity index (χ1n) is 10.2. The fourth-order valence-electron chi connectivity index (χ4n) is 2.76. The number of rotatable bonds is 12. The molecule has 3 aromatic carbocycles. The van der Waals surface area contributed by atoms with Gasteiger partial charge in [0.2, 0.25) is 18.9 Å². The molecule has 3 rings (SSSR count). The largest absolute Gasteiger partial charge is 0.484 e. The summed E-state index contributed by atoms with van der Waals surface area (Å²) in [6, 6.07) is 27.1. The van der Waals surface area contributed by atoms with Gasteiger partial charge in [-0.25, -0.2) is 18.1 Å². The first kappa shape index (κ1) is 23.8. The van der Waals surface area contributed by atoms with E-state index in [1.54, 1.807) is 57.2 Å². The number of ether oxygens (including phenoxy) is 3. The van der Waals surface area contributed by atoms with Gasteiger partial charge in [0.05, 0.1) is 0 Å². The molecule has 3 unspecified atom stereocenters. The van der Waals surface area contributed by atoms with Crippen molar-refractivity contribution in [2.45, 2.75) is 39.6 Å². The molecule has 0 heterocycles. The fourth-order valence-corrected chi connectivity index (χ4v) is 4.13. The molecule has 0 bridgehead atoms. The monoisotopic (exact) mass is 458 g/mol. The third-order valence-corrected chi connectivity index (χ3v) is 5.63. The summed E-state index contributed by atoms with van der Waals surface area (Å²) in [5.74, 6) is 1.65. The molecule has 3 aromatic rings. The van der Waals surface area contributed by atoms with Crippen LogP contribution in [0.2, 0.25) is 0 Å². The quantitative estimate of drug-likeness (QED) is 0.229. The Kier molecular flexibility index (Phi) is 8.71. The topological polar surface area (TPSA) is 72.5 Å². The highest BCUT2D eigenvalue weighted by atomic mass is 31.2. The molecular formula is C24H27O7P. The molecule has 0 aliphatic rings. The average Bonchev–Trinajstić information content (AvgIpc) is 2.75. The molecule has 0 N–H and O–H groups in total.